The standard InChI is InChI=1S/C21H17Cl2NO5/c1-13(20(25)24-18-11-14(22)7-9-17(18)23)28-21(26)19-10-8-16(29-19)12-27-15-5-3-2-4-6-15/h2-11,13H,12H2,1H3,(H,24,25). The van der Waals surface area contributed by atoms with Crippen molar-refractivity contribution in [3.63, 3.8) is 0 Å². The van der Waals surface area contributed by atoms with Crippen molar-refractivity contribution in [2.24, 2.45) is 0 Å². The normalized spacial score (nSPS) is 11.6. The fourth-order valence-electron chi connectivity index (χ4n) is 2.34. The maximum absolute atomic E-state index is 12.3. The number of anilines is 1. The summed E-state index contributed by atoms with van der Waals surface area (Å²) in [6.45, 7) is 1.59. The third-order valence-corrected chi connectivity index (χ3v) is 4.39. The Morgan fingerprint density at radius 1 is 1.07 bits per heavy atom. The van der Waals surface area contributed by atoms with Crippen LogP contribution in [0, 0.1) is 0 Å². The lowest BCUT2D eigenvalue weighted by molar-refractivity contribution is -0.123. The minimum atomic E-state index is -1.08. The van der Waals surface area contributed by atoms with Gasteiger partial charge in [-0.3, -0.25) is 4.79 Å². The van der Waals surface area contributed by atoms with Crippen molar-refractivity contribution < 1.29 is 23.5 Å². The summed E-state index contributed by atoms with van der Waals surface area (Å²) in [5.74, 6) is -0.226. The van der Waals surface area contributed by atoms with E-state index >= 15 is 0 Å². The molecule has 29 heavy (non-hydrogen) atoms. The lowest BCUT2D eigenvalue weighted by Gasteiger charge is -2.13. The maximum atomic E-state index is 12.3. The van der Waals surface area contributed by atoms with E-state index in [0.717, 1.165) is 0 Å². The monoisotopic (exact) mass is 433 g/mol. The van der Waals surface area contributed by atoms with Crippen LogP contribution in [0.25, 0.3) is 0 Å². The molecule has 0 aliphatic carbocycles. The van der Waals surface area contributed by atoms with Gasteiger partial charge in [0.25, 0.3) is 5.91 Å². The van der Waals surface area contributed by atoms with Crippen molar-refractivity contribution >= 4 is 40.8 Å². The van der Waals surface area contributed by atoms with E-state index in [0.29, 0.717) is 27.2 Å². The molecule has 0 aliphatic rings. The number of hydrogen-bond acceptors (Lipinski definition) is 5. The van der Waals surface area contributed by atoms with Gasteiger partial charge in [0.15, 0.2) is 6.10 Å². The Morgan fingerprint density at radius 2 is 1.83 bits per heavy atom. The number of hydrogen-bond donors (Lipinski definition) is 1. The Balaban J connectivity index is 1.54. The Bertz CT molecular complexity index is 1000. The van der Waals surface area contributed by atoms with Gasteiger partial charge in [-0.2, -0.15) is 0 Å². The van der Waals surface area contributed by atoms with Crippen molar-refractivity contribution in [3.05, 3.63) is 82.2 Å². The summed E-state index contributed by atoms with van der Waals surface area (Å²) >= 11 is 11.9. The molecule has 0 spiro atoms. The molecule has 0 aliphatic heterocycles. The van der Waals surface area contributed by atoms with E-state index in [-0.39, 0.29) is 12.4 Å². The third-order valence-electron chi connectivity index (χ3n) is 3.83. The van der Waals surface area contributed by atoms with Gasteiger partial charge in [-0.15, -0.1) is 0 Å². The molecule has 1 atom stereocenters. The molecule has 1 heterocycles. The van der Waals surface area contributed by atoms with E-state index in [1.165, 1.54) is 19.1 Å². The number of furan rings is 1. The fourth-order valence-corrected chi connectivity index (χ4v) is 2.67. The second-order valence-corrected chi connectivity index (χ2v) is 6.87. The van der Waals surface area contributed by atoms with Crippen LogP contribution in [0.2, 0.25) is 10.0 Å². The van der Waals surface area contributed by atoms with E-state index < -0.39 is 18.0 Å². The molecule has 1 N–H and O–H groups in total. The van der Waals surface area contributed by atoms with Crippen LogP contribution in [-0.2, 0) is 16.1 Å². The molecule has 2 aromatic carbocycles. The molecular formula is C21H17Cl2NO5. The number of rotatable bonds is 7. The second-order valence-electron chi connectivity index (χ2n) is 6.03. The Morgan fingerprint density at radius 3 is 2.59 bits per heavy atom. The summed E-state index contributed by atoms with van der Waals surface area (Å²) in [7, 11) is 0. The van der Waals surface area contributed by atoms with Crippen LogP contribution in [-0.4, -0.2) is 18.0 Å². The molecular weight excluding hydrogens is 417 g/mol. The highest BCUT2D eigenvalue weighted by molar-refractivity contribution is 6.35. The second kappa shape index (κ2) is 9.49. The first-order valence-electron chi connectivity index (χ1n) is 8.66. The zero-order valence-corrected chi connectivity index (χ0v) is 16.9. The van der Waals surface area contributed by atoms with Crippen LogP contribution in [0.1, 0.15) is 23.2 Å². The lowest BCUT2D eigenvalue weighted by atomic mass is 10.3. The Labute approximate surface area is 177 Å². The molecule has 0 bridgehead atoms. The molecule has 1 unspecified atom stereocenters. The third kappa shape index (κ3) is 5.76. The van der Waals surface area contributed by atoms with Gasteiger partial charge < -0.3 is 19.2 Å². The van der Waals surface area contributed by atoms with Gasteiger partial charge >= 0.3 is 5.97 Å². The first-order chi connectivity index (χ1) is 13.9. The average molecular weight is 434 g/mol. The van der Waals surface area contributed by atoms with Crippen molar-refractivity contribution in [2.45, 2.75) is 19.6 Å². The van der Waals surface area contributed by atoms with E-state index in [1.807, 2.05) is 30.3 Å². The van der Waals surface area contributed by atoms with E-state index in [4.69, 9.17) is 37.1 Å². The SMILES string of the molecule is CC(OC(=O)c1ccc(COc2ccccc2)o1)C(=O)Nc1cc(Cl)ccc1Cl. The van der Waals surface area contributed by atoms with Crippen LogP contribution < -0.4 is 10.1 Å². The van der Waals surface area contributed by atoms with Crippen LogP contribution in [0.5, 0.6) is 5.75 Å². The molecule has 0 saturated heterocycles. The Kier molecular flexibility index (Phi) is 6.80. The highest BCUT2D eigenvalue weighted by Gasteiger charge is 2.22. The summed E-state index contributed by atoms with van der Waals surface area (Å²) in [6, 6.07) is 16.9. The predicted molar refractivity (Wildman–Crippen MR) is 109 cm³/mol. The van der Waals surface area contributed by atoms with Gasteiger partial charge in [-0.25, -0.2) is 4.79 Å². The molecule has 8 heteroatoms. The van der Waals surface area contributed by atoms with E-state index in [9.17, 15) is 9.59 Å². The summed E-state index contributed by atoms with van der Waals surface area (Å²) in [5.41, 5.74) is 0.324. The Hall–Kier alpha value is -2.96. The molecule has 3 aromatic rings. The van der Waals surface area contributed by atoms with Gasteiger partial charge in [-0.05, 0) is 49.4 Å². The molecule has 3 rings (SSSR count). The van der Waals surface area contributed by atoms with E-state index in [2.05, 4.69) is 5.32 Å². The quantitative estimate of drug-likeness (QED) is 0.508. The molecule has 0 saturated carbocycles. The van der Waals surface area contributed by atoms with Crippen molar-refractivity contribution in [3.8, 4) is 5.75 Å². The van der Waals surface area contributed by atoms with Gasteiger partial charge in [0.2, 0.25) is 5.76 Å². The topological polar surface area (TPSA) is 77.8 Å². The molecule has 6 nitrogen and oxygen atoms in total. The van der Waals surface area contributed by atoms with Gasteiger partial charge in [0.05, 0.1) is 10.7 Å². The number of esters is 1. The summed E-state index contributed by atoms with van der Waals surface area (Å²) in [4.78, 5) is 24.5. The minimum absolute atomic E-state index is 0.0305. The average Bonchev–Trinajstić information content (AvgIpc) is 3.19. The summed E-state index contributed by atoms with van der Waals surface area (Å²) in [5, 5.41) is 3.30. The number of carbonyl (C=O) groups excluding carboxylic acids is 2. The summed E-state index contributed by atoms with van der Waals surface area (Å²) < 4.78 is 16.1. The number of halogens is 2. The summed E-state index contributed by atoms with van der Waals surface area (Å²) in [6.07, 6.45) is -1.08. The van der Waals surface area contributed by atoms with Crippen LogP contribution in [0.3, 0.4) is 0 Å². The zero-order chi connectivity index (χ0) is 20.8. The number of para-hydroxylation sites is 1. The number of ether oxygens (including phenoxy) is 2. The van der Waals surface area contributed by atoms with Crippen molar-refractivity contribution in [2.75, 3.05) is 5.32 Å². The number of carbonyl (C=O) groups is 2. The smallest absolute Gasteiger partial charge is 0.375 e. The minimum Gasteiger partial charge on any atom is -0.486 e. The predicted octanol–water partition coefficient (Wildman–Crippen LogP) is 5.35. The number of amides is 1. The van der Waals surface area contributed by atoms with E-state index in [1.54, 1.807) is 18.2 Å². The van der Waals surface area contributed by atoms with Crippen molar-refractivity contribution in [1.82, 2.24) is 0 Å². The molecule has 1 amide bonds. The van der Waals surface area contributed by atoms with Gasteiger partial charge in [0, 0.05) is 5.02 Å². The molecule has 150 valence electrons. The van der Waals surface area contributed by atoms with Gasteiger partial charge in [-0.1, -0.05) is 41.4 Å². The first-order valence-corrected chi connectivity index (χ1v) is 9.41. The van der Waals surface area contributed by atoms with Crippen LogP contribution in [0.15, 0.2) is 65.1 Å². The molecule has 0 fully saturated rings. The van der Waals surface area contributed by atoms with Crippen LogP contribution >= 0.6 is 23.2 Å². The van der Waals surface area contributed by atoms with Crippen LogP contribution in [0.4, 0.5) is 5.69 Å². The molecule has 1 aromatic heterocycles. The number of benzene rings is 2. The van der Waals surface area contributed by atoms with Crippen molar-refractivity contribution in [1.29, 1.82) is 0 Å². The maximum Gasteiger partial charge on any atom is 0.375 e. The lowest BCUT2D eigenvalue weighted by Crippen LogP contribution is -2.30. The fraction of sp³-hybridized carbons (Fsp3) is 0.143. The highest BCUT2D eigenvalue weighted by atomic mass is 35.5. The van der Waals surface area contributed by atoms with Gasteiger partial charge in [0.1, 0.15) is 18.1 Å². The largest absolute Gasteiger partial charge is 0.486 e. The molecule has 0 radical (unpaired) electrons. The number of nitrogens with one attached hydrogen (secondary N) is 1. The zero-order valence-electron chi connectivity index (χ0n) is 15.4. The highest BCUT2D eigenvalue weighted by Crippen LogP contribution is 2.25. The first kappa shape index (κ1) is 20.8.